The summed E-state index contributed by atoms with van der Waals surface area (Å²) in [5.74, 6) is 0.435. The summed E-state index contributed by atoms with van der Waals surface area (Å²) in [6.45, 7) is 3.88. The van der Waals surface area contributed by atoms with Gasteiger partial charge in [-0.05, 0) is 60.9 Å². The van der Waals surface area contributed by atoms with Gasteiger partial charge in [0.25, 0.3) is 11.2 Å². The number of esters is 1. The van der Waals surface area contributed by atoms with Crippen molar-refractivity contribution in [1.82, 2.24) is 4.57 Å². The number of methoxy groups -OCH3 is 1. The van der Waals surface area contributed by atoms with E-state index < -0.39 is 16.9 Å². The summed E-state index contributed by atoms with van der Waals surface area (Å²) in [5.41, 5.74) is 2.81. The van der Waals surface area contributed by atoms with E-state index in [0.717, 1.165) is 11.1 Å². The van der Waals surface area contributed by atoms with Crippen molar-refractivity contribution < 1.29 is 23.9 Å². The number of benzene rings is 3. The van der Waals surface area contributed by atoms with Crippen molar-refractivity contribution in [3.63, 3.8) is 0 Å². The number of nitro benzene ring substituents is 1. The molecule has 1 atom stereocenters. The van der Waals surface area contributed by atoms with Gasteiger partial charge in [0.15, 0.2) is 16.3 Å². The molecule has 0 spiro atoms. The Balaban J connectivity index is 1.49. The average Bonchev–Trinajstić information content (AvgIpc) is 3.30. The van der Waals surface area contributed by atoms with Crippen LogP contribution in [-0.2, 0) is 16.1 Å². The lowest BCUT2D eigenvalue weighted by atomic mass is 9.96. The molecule has 0 unspecified atom stereocenters. The number of ether oxygens (including phenoxy) is 3. The van der Waals surface area contributed by atoms with Crippen LogP contribution in [-0.4, -0.2) is 29.2 Å². The molecule has 1 aromatic heterocycles. The zero-order valence-corrected chi connectivity index (χ0v) is 23.9. The first-order chi connectivity index (χ1) is 20.3. The molecule has 11 heteroatoms. The Morgan fingerprint density at radius 2 is 1.83 bits per heavy atom. The van der Waals surface area contributed by atoms with E-state index in [9.17, 15) is 19.7 Å². The number of rotatable bonds is 9. The predicted molar refractivity (Wildman–Crippen MR) is 157 cm³/mol. The lowest BCUT2D eigenvalue weighted by molar-refractivity contribution is -0.384. The van der Waals surface area contributed by atoms with E-state index in [1.54, 1.807) is 54.8 Å². The molecule has 1 aliphatic rings. The van der Waals surface area contributed by atoms with Crippen molar-refractivity contribution in [3.05, 3.63) is 131 Å². The minimum absolute atomic E-state index is 0.00771. The first-order valence-corrected chi connectivity index (χ1v) is 13.9. The first kappa shape index (κ1) is 28.5. The molecule has 42 heavy (non-hydrogen) atoms. The molecule has 0 fully saturated rings. The number of carbonyl (C=O) groups excluding carboxylic acids is 1. The van der Waals surface area contributed by atoms with Gasteiger partial charge in [0.05, 0.1) is 40.5 Å². The van der Waals surface area contributed by atoms with Gasteiger partial charge in [-0.15, -0.1) is 0 Å². The van der Waals surface area contributed by atoms with Crippen LogP contribution >= 0.6 is 11.3 Å². The molecule has 5 rings (SSSR count). The van der Waals surface area contributed by atoms with Crippen molar-refractivity contribution in [2.75, 3.05) is 13.7 Å². The molecule has 3 aromatic carbocycles. The maximum atomic E-state index is 13.8. The third kappa shape index (κ3) is 5.72. The minimum Gasteiger partial charge on any atom is -0.493 e. The minimum atomic E-state index is -0.673. The fourth-order valence-electron chi connectivity index (χ4n) is 4.66. The Labute approximate surface area is 244 Å². The molecular weight excluding hydrogens is 558 g/mol. The topological polar surface area (TPSA) is 122 Å². The van der Waals surface area contributed by atoms with E-state index in [-0.39, 0.29) is 24.5 Å². The smallest absolute Gasteiger partial charge is 0.338 e. The number of nitro groups is 1. The number of allylic oxidation sites excluding steroid dienone is 1. The van der Waals surface area contributed by atoms with Gasteiger partial charge in [-0.2, -0.15) is 0 Å². The number of fused-ring (bicyclic) bond motifs is 1. The first-order valence-electron chi connectivity index (χ1n) is 13.1. The fraction of sp³-hybridized carbons (Fsp3) is 0.194. The molecule has 2 heterocycles. The van der Waals surface area contributed by atoms with Crippen LogP contribution in [0.3, 0.4) is 0 Å². The Hall–Kier alpha value is -5.03. The van der Waals surface area contributed by atoms with Crippen LogP contribution in [0.5, 0.6) is 11.5 Å². The van der Waals surface area contributed by atoms with Crippen LogP contribution in [0.15, 0.2) is 93.9 Å². The highest BCUT2D eigenvalue weighted by atomic mass is 32.1. The van der Waals surface area contributed by atoms with Crippen LogP contribution in [0.1, 0.15) is 36.6 Å². The summed E-state index contributed by atoms with van der Waals surface area (Å²) in [6, 6.07) is 20.1. The van der Waals surface area contributed by atoms with E-state index in [1.807, 2.05) is 30.3 Å². The van der Waals surface area contributed by atoms with Crippen LogP contribution in [0.25, 0.3) is 6.08 Å². The second kappa shape index (κ2) is 12.2. The quantitative estimate of drug-likeness (QED) is 0.163. The Kier molecular flexibility index (Phi) is 8.30. The molecule has 0 bridgehead atoms. The third-order valence-electron chi connectivity index (χ3n) is 6.66. The number of non-ortho nitro benzene ring substituents is 1. The maximum Gasteiger partial charge on any atom is 0.338 e. The summed E-state index contributed by atoms with van der Waals surface area (Å²) in [6.07, 6.45) is 1.75. The Morgan fingerprint density at radius 1 is 1.10 bits per heavy atom. The summed E-state index contributed by atoms with van der Waals surface area (Å²) in [7, 11) is 1.52. The van der Waals surface area contributed by atoms with Crippen LogP contribution in [0.4, 0.5) is 5.69 Å². The monoisotopic (exact) mass is 585 g/mol. The largest absolute Gasteiger partial charge is 0.493 e. The van der Waals surface area contributed by atoms with E-state index in [1.165, 1.54) is 30.6 Å². The summed E-state index contributed by atoms with van der Waals surface area (Å²) < 4.78 is 18.8. The normalized spacial score (nSPS) is 14.6. The molecule has 0 radical (unpaired) electrons. The van der Waals surface area contributed by atoms with E-state index >= 15 is 0 Å². The lowest BCUT2D eigenvalue weighted by Gasteiger charge is -2.24. The van der Waals surface area contributed by atoms with Crippen LogP contribution in [0.2, 0.25) is 0 Å². The van der Waals surface area contributed by atoms with Crippen molar-refractivity contribution in [2.24, 2.45) is 4.99 Å². The molecule has 0 amide bonds. The molecule has 0 aliphatic carbocycles. The number of nitrogens with zero attached hydrogens (tertiary/aromatic N) is 3. The van der Waals surface area contributed by atoms with Gasteiger partial charge >= 0.3 is 5.97 Å². The molecular formula is C31H27N3O7S. The van der Waals surface area contributed by atoms with Crippen molar-refractivity contribution in [3.8, 4) is 11.5 Å². The number of thiazole rings is 1. The van der Waals surface area contributed by atoms with Crippen molar-refractivity contribution in [2.45, 2.75) is 26.5 Å². The number of hydrogen-bond acceptors (Lipinski definition) is 9. The number of carbonyl (C=O) groups is 1. The van der Waals surface area contributed by atoms with Gasteiger partial charge in [0.1, 0.15) is 6.61 Å². The van der Waals surface area contributed by atoms with Gasteiger partial charge in [-0.1, -0.05) is 47.7 Å². The second-order valence-corrected chi connectivity index (χ2v) is 10.3. The highest BCUT2D eigenvalue weighted by molar-refractivity contribution is 7.07. The summed E-state index contributed by atoms with van der Waals surface area (Å²) >= 11 is 1.24. The third-order valence-corrected chi connectivity index (χ3v) is 7.64. The SMILES string of the molecule is CCOC(=O)C1=C(C)N=c2s/c(=C\c3ccc(OCc4ccc([N+](=O)[O-])cc4)c(OC)c3)c(=O)n2[C@@H]1c1ccccc1. The second-order valence-electron chi connectivity index (χ2n) is 9.34. The standard InChI is InChI=1S/C31H27N3O7S/c1-4-40-30(36)27-19(2)32-31-33(28(27)22-8-6-5-7-9-22)29(35)26(42-31)17-21-12-15-24(25(16-21)39-3)41-18-20-10-13-23(14-11-20)34(37)38/h5-17,28H,4,18H2,1-3H3/b26-17-/t28-/m1/s1. The zero-order valence-electron chi connectivity index (χ0n) is 23.1. The van der Waals surface area contributed by atoms with E-state index in [0.29, 0.717) is 37.7 Å². The Bertz CT molecular complexity index is 1860. The summed E-state index contributed by atoms with van der Waals surface area (Å²) in [4.78, 5) is 42.3. The summed E-state index contributed by atoms with van der Waals surface area (Å²) in [5, 5.41) is 10.9. The number of hydrogen-bond donors (Lipinski definition) is 0. The molecule has 1 aliphatic heterocycles. The van der Waals surface area contributed by atoms with E-state index in [2.05, 4.69) is 4.99 Å². The van der Waals surface area contributed by atoms with Crippen LogP contribution in [0, 0.1) is 10.1 Å². The van der Waals surface area contributed by atoms with Crippen molar-refractivity contribution in [1.29, 1.82) is 0 Å². The number of aromatic nitrogens is 1. The average molecular weight is 586 g/mol. The maximum absolute atomic E-state index is 13.8. The van der Waals surface area contributed by atoms with E-state index in [4.69, 9.17) is 14.2 Å². The Morgan fingerprint density at radius 3 is 2.50 bits per heavy atom. The lowest BCUT2D eigenvalue weighted by Crippen LogP contribution is -2.39. The fourth-order valence-corrected chi connectivity index (χ4v) is 5.71. The zero-order chi connectivity index (χ0) is 29.8. The molecule has 4 aromatic rings. The molecule has 214 valence electrons. The molecule has 0 N–H and O–H groups in total. The van der Waals surface area contributed by atoms with Gasteiger partial charge in [0.2, 0.25) is 0 Å². The molecule has 10 nitrogen and oxygen atoms in total. The van der Waals surface area contributed by atoms with Gasteiger partial charge in [-0.3, -0.25) is 19.5 Å². The van der Waals surface area contributed by atoms with Crippen LogP contribution < -0.4 is 24.4 Å². The van der Waals surface area contributed by atoms with Gasteiger partial charge < -0.3 is 14.2 Å². The highest BCUT2D eigenvalue weighted by Gasteiger charge is 2.33. The van der Waals surface area contributed by atoms with Gasteiger partial charge in [0, 0.05) is 12.1 Å². The predicted octanol–water partition coefficient (Wildman–Crippen LogP) is 4.29. The molecule has 0 saturated carbocycles. The highest BCUT2D eigenvalue weighted by Crippen LogP contribution is 2.31. The van der Waals surface area contributed by atoms with Crippen molar-refractivity contribution >= 4 is 29.1 Å². The van der Waals surface area contributed by atoms with Gasteiger partial charge in [-0.25, -0.2) is 9.79 Å². The molecule has 0 saturated heterocycles.